The Morgan fingerprint density at radius 3 is 2.11 bits per heavy atom. The van der Waals surface area contributed by atoms with E-state index in [4.69, 9.17) is 4.74 Å². The van der Waals surface area contributed by atoms with E-state index >= 15 is 0 Å². The van der Waals surface area contributed by atoms with E-state index in [2.05, 4.69) is 58.2 Å². The fraction of sp³-hybridized carbons (Fsp3) is 0.647. The lowest BCUT2D eigenvalue weighted by Gasteiger charge is -2.36. The fourth-order valence-electron chi connectivity index (χ4n) is 2.12. The molecular formula is C17H30NO+. The molecule has 1 aliphatic heterocycles. The predicted octanol–water partition coefficient (Wildman–Crippen LogP) is 3.68. The molecule has 1 atom stereocenters. The van der Waals surface area contributed by atoms with Crippen molar-refractivity contribution in [2.75, 3.05) is 39.9 Å². The highest BCUT2D eigenvalue weighted by atomic mass is 16.5. The first-order valence-corrected chi connectivity index (χ1v) is 7.57. The topological polar surface area (TPSA) is 9.23 Å². The van der Waals surface area contributed by atoms with Gasteiger partial charge < -0.3 is 9.22 Å². The van der Waals surface area contributed by atoms with Gasteiger partial charge in [-0.15, -0.1) is 0 Å². The van der Waals surface area contributed by atoms with Gasteiger partial charge >= 0.3 is 0 Å². The molecule has 0 aliphatic carbocycles. The van der Waals surface area contributed by atoms with Crippen molar-refractivity contribution in [3.63, 3.8) is 0 Å². The molecule has 0 amide bonds. The third kappa shape index (κ3) is 5.75. The number of ether oxygens (including phenoxy) is 1. The van der Waals surface area contributed by atoms with E-state index in [1.807, 2.05) is 0 Å². The van der Waals surface area contributed by atoms with Crippen LogP contribution in [0.15, 0.2) is 30.3 Å². The Kier molecular flexibility index (Phi) is 7.11. The molecule has 1 aliphatic rings. The molecule has 2 nitrogen and oxygen atoms in total. The van der Waals surface area contributed by atoms with Crippen LogP contribution in [0.2, 0.25) is 0 Å². The highest BCUT2D eigenvalue weighted by Crippen LogP contribution is 2.16. The van der Waals surface area contributed by atoms with Gasteiger partial charge in [-0.2, -0.15) is 0 Å². The molecule has 1 saturated heterocycles. The second-order valence-corrected chi connectivity index (χ2v) is 5.72. The minimum absolute atomic E-state index is 0.709. The summed E-state index contributed by atoms with van der Waals surface area (Å²) in [7, 11) is 2.29. The molecule has 0 spiro atoms. The number of benzene rings is 1. The molecule has 1 aromatic carbocycles. The standard InChI is InChI=1S/C10H14.C7H16NO/c1-3-9(2)10-7-5-4-6-8-10;1-3-8(2)4-6-9-7-5-8/h4-9H,3H2,1-2H3;3-7H2,1-2H3/q;+1. The summed E-state index contributed by atoms with van der Waals surface area (Å²) in [5.74, 6) is 0.709. The van der Waals surface area contributed by atoms with E-state index in [1.54, 1.807) is 0 Å². The molecule has 0 saturated carbocycles. The molecule has 1 heterocycles. The number of hydrogen-bond acceptors (Lipinski definition) is 1. The van der Waals surface area contributed by atoms with Gasteiger partial charge in [0, 0.05) is 0 Å². The maximum absolute atomic E-state index is 5.25. The summed E-state index contributed by atoms with van der Waals surface area (Å²) in [5, 5.41) is 0. The van der Waals surface area contributed by atoms with Crippen molar-refractivity contribution in [2.45, 2.75) is 33.1 Å². The van der Waals surface area contributed by atoms with Crippen LogP contribution < -0.4 is 0 Å². The van der Waals surface area contributed by atoms with Crippen molar-refractivity contribution in [1.29, 1.82) is 0 Å². The highest BCUT2D eigenvalue weighted by molar-refractivity contribution is 5.18. The van der Waals surface area contributed by atoms with Crippen LogP contribution in [0.3, 0.4) is 0 Å². The van der Waals surface area contributed by atoms with Crippen molar-refractivity contribution in [1.82, 2.24) is 0 Å². The summed E-state index contributed by atoms with van der Waals surface area (Å²) >= 11 is 0. The Labute approximate surface area is 119 Å². The molecule has 0 bridgehead atoms. The molecule has 1 aromatic rings. The Bertz CT molecular complexity index is 330. The van der Waals surface area contributed by atoms with Gasteiger partial charge in [-0.05, 0) is 24.8 Å². The van der Waals surface area contributed by atoms with Gasteiger partial charge in [-0.3, -0.25) is 0 Å². The summed E-state index contributed by atoms with van der Waals surface area (Å²) in [6.07, 6.45) is 1.23. The molecule has 0 aromatic heterocycles. The van der Waals surface area contributed by atoms with Crippen LogP contribution in [0.5, 0.6) is 0 Å². The third-order valence-electron chi connectivity index (χ3n) is 4.30. The summed E-state index contributed by atoms with van der Waals surface area (Å²) in [5.41, 5.74) is 1.45. The summed E-state index contributed by atoms with van der Waals surface area (Å²) in [4.78, 5) is 0. The molecule has 2 rings (SSSR count). The van der Waals surface area contributed by atoms with E-state index in [1.165, 1.54) is 36.1 Å². The van der Waals surface area contributed by atoms with Crippen molar-refractivity contribution < 1.29 is 9.22 Å². The first-order chi connectivity index (χ1) is 9.11. The average molecular weight is 264 g/mol. The summed E-state index contributed by atoms with van der Waals surface area (Å²) < 4.78 is 6.45. The number of likely N-dealkylation sites (N-methyl/N-ethyl adjacent to an activating group) is 1. The fourth-order valence-corrected chi connectivity index (χ4v) is 2.12. The minimum Gasteiger partial charge on any atom is -0.370 e. The molecule has 0 radical (unpaired) electrons. The van der Waals surface area contributed by atoms with Crippen LogP contribution in [0.25, 0.3) is 0 Å². The lowest BCUT2D eigenvalue weighted by molar-refractivity contribution is -0.915. The number of hydrogen-bond donors (Lipinski definition) is 0. The smallest absolute Gasteiger partial charge is 0.102 e. The van der Waals surface area contributed by atoms with E-state index in [0.717, 1.165) is 13.2 Å². The Balaban J connectivity index is 0.000000191. The zero-order valence-corrected chi connectivity index (χ0v) is 13.1. The summed E-state index contributed by atoms with van der Waals surface area (Å²) in [6, 6.07) is 10.6. The van der Waals surface area contributed by atoms with Crippen molar-refractivity contribution in [3.05, 3.63) is 35.9 Å². The van der Waals surface area contributed by atoms with Crippen LogP contribution in [-0.2, 0) is 4.74 Å². The predicted molar refractivity (Wildman–Crippen MR) is 82.4 cm³/mol. The second kappa shape index (κ2) is 8.34. The average Bonchev–Trinajstić information content (AvgIpc) is 2.49. The first-order valence-electron chi connectivity index (χ1n) is 7.57. The number of quaternary nitrogens is 1. The zero-order chi connectivity index (χ0) is 14.1. The van der Waals surface area contributed by atoms with Crippen LogP contribution in [0, 0.1) is 0 Å². The van der Waals surface area contributed by atoms with Gasteiger partial charge in [0.15, 0.2) is 0 Å². The molecule has 19 heavy (non-hydrogen) atoms. The third-order valence-corrected chi connectivity index (χ3v) is 4.30. The molecular weight excluding hydrogens is 234 g/mol. The molecule has 1 fully saturated rings. The Hall–Kier alpha value is -0.860. The monoisotopic (exact) mass is 264 g/mol. The van der Waals surface area contributed by atoms with Crippen molar-refractivity contribution >= 4 is 0 Å². The number of rotatable bonds is 3. The van der Waals surface area contributed by atoms with E-state index < -0.39 is 0 Å². The van der Waals surface area contributed by atoms with Gasteiger partial charge in [-0.25, -0.2) is 0 Å². The van der Waals surface area contributed by atoms with Gasteiger partial charge in [0.25, 0.3) is 0 Å². The second-order valence-electron chi connectivity index (χ2n) is 5.72. The lowest BCUT2D eigenvalue weighted by Crippen LogP contribution is -2.51. The van der Waals surface area contributed by atoms with Gasteiger partial charge in [0.2, 0.25) is 0 Å². The van der Waals surface area contributed by atoms with Gasteiger partial charge in [0.1, 0.15) is 13.1 Å². The minimum atomic E-state index is 0.709. The van der Waals surface area contributed by atoms with Crippen molar-refractivity contribution in [3.8, 4) is 0 Å². The zero-order valence-electron chi connectivity index (χ0n) is 13.1. The Morgan fingerprint density at radius 1 is 1.11 bits per heavy atom. The summed E-state index contributed by atoms with van der Waals surface area (Å²) in [6.45, 7) is 12.2. The number of morpholine rings is 1. The van der Waals surface area contributed by atoms with Crippen LogP contribution in [-0.4, -0.2) is 44.4 Å². The molecule has 2 heteroatoms. The van der Waals surface area contributed by atoms with Crippen LogP contribution in [0.4, 0.5) is 0 Å². The van der Waals surface area contributed by atoms with Crippen LogP contribution >= 0.6 is 0 Å². The van der Waals surface area contributed by atoms with Crippen molar-refractivity contribution in [2.24, 2.45) is 0 Å². The SMILES string of the molecule is CCC(C)c1ccccc1.CC[N+]1(C)CCOCC1. The highest BCUT2D eigenvalue weighted by Gasteiger charge is 2.21. The number of nitrogens with zero attached hydrogens (tertiary/aromatic N) is 1. The normalized spacial score (nSPS) is 19.2. The largest absolute Gasteiger partial charge is 0.370 e. The molecule has 108 valence electrons. The van der Waals surface area contributed by atoms with Gasteiger partial charge in [-0.1, -0.05) is 44.2 Å². The maximum atomic E-state index is 5.25. The quantitative estimate of drug-likeness (QED) is 0.757. The molecule has 0 N–H and O–H groups in total. The maximum Gasteiger partial charge on any atom is 0.102 e. The first kappa shape index (κ1) is 16.2. The lowest BCUT2D eigenvalue weighted by atomic mass is 9.99. The van der Waals surface area contributed by atoms with E-state index in [9.17, 15) is 0 Å². The van der Waals surface area contributed by atoms with Crippen LogP contribution in [0.1, 0.15) is 38.7 Å². The van der Waals surface area contributed by atoms with E-state index in [-0.39, 0.29) is 0 Å². The Morgan fingerprint density at radius 2 is 1.68 bits per heavy atom. The van der Waals surface area contributed by atoms with E-state index in [0.29, 0.717) is 5.92 Å². The molecule has 1 unspecified atom stereocenters. The van der Waals surface area contributed by atoms with Gasteiger partial charge in [0.05, 0.1) is 26.8 Å².